The van der Waals surface area contributed by atoms with Gasteiger partial charge in [-0.05, 0) is 128 Å². The third-order valence-corrected chi connectivity index (χ3v) is 24.3. The van der Waals surface area contributed by atoms with Gasteiger partial charge in [-0.15, -0.1) is 11.8 Å². The van der Waals surface area contributed by atoms with E-state index < -0.39 is 228 Å². The molecular weight excluding hydrogens is 1690 g/mol. The molecule has 8 rings (SSSR count). The highest BCUT2D eigenvalue weighted by Crippen LogP contribution is 2.28. The van der Waals surface area contributed by atoms with Gasteiger partial charge in [0.05, 0.1) is 18.7 Å². The number of nitrogens with two attached hydrogens (primary N) is 2. The zero-order chi connectivity index (χ0) is 94.6. The number of carbonyl (C=O) groups is 17. The third kappa shape index (κ3) is 29.5. The standard InChI is InChI=1S/C91H124FN17O19S/c1-11-12-25-71-90(127)109-39-20-27-70(109)85(122)102-66(46-77(114)115)83(120)104-78(53(6)7)91(128)106(9)72(41-52(4)5)86(123)98-62(36-37-74(93)111)88(125)108-38-19-18-26-69(108)84(121)101-65(45-57-47-95-61-24-17-16-23-60(57)61)82(119)100-64(42-56-30-34-59(110)35-31-56)81(118)99-63(40-51(2)3)80(117)103-68(79(116)96-48-75(94)112)49-129-50-76(113)97-67(43-55-28-32-58(92)33-29-55)87(124)107(10)73(89(126)105(71)8)44-54-21-14-13-15-22-54/h13-17,21-24,28-35,47,51-53,62-73,78,95,110H,11-12,18-20,25-27,36-46,48-50H2,1-10H3,(H2,93,111)(H2,94,112)(H,96,116)(H,97,113)(H,98,123)(H,99,118)(H,100,119)(H,101,121)(H,102,122)(H,103,117)(H,104,120)(H,114,115)/t62-,63-,64-,65-,66-,67-,68-,69+,70+,71-,72-,73-,78-/m0/s1. The number of aromatic amines is 1. The molecule has 3 aliphatic heterocycles. The summed E-state index contributed by atoms with van der Waals surface area (Å²) in [7, 11) is 3.98. The summed E-state index contributed by atoms with van der Waals surface area (Å²) in [5, 5.41) is 45.4. The Morgan fingerprint density at radius 3 is 1.67 bits per heavy atom. The van der Waals surface area contributed by atoms with Crippen molar-refractivity contribution in [2.45, 2.75) is 236 Å². The molecule has 700 valence electrons. The molecule has 0 unspecified atom stereocenters. The van der Waals surface area contributed by atoms with Crippen LogP contribution >= 0.6 is 11.8 Å². The highest BCUT2D eigenvalue weighted by atomic mass is 32.2. The molecule has 0 aliphatic carbocycles. The molecule has 36 nitrogen and oxygen atoms in total. The van der Waals surface area contributed by atoms with Gasteiger partial charge in [0.1, 0.15) is 90.1 Å². The first-order chi connectivity index (χ1) is 61.2. The number of nitrogens with one attached hydrogen (secondary N) is 10. The largest absolute Gasteiger partial charge is 0.508 e. The summed E-state index contributed by atoms with van der Waals surface area (Å²) in [4.78, 5) is 259. The summed E-state index contributed by atoms with van der Waals surface area (Å²) in [5.74, 6) is -19.2. The highest BCUT2D eigenvalue weighted by molar-refractivity contribution is 8.00. The van der Waals surface area contributed by atoms with Crippen LogP contribution in [0.2, 0.25) is 0 Å². The maximum Gasteiger partial charge on any atom is 0.305 e. The lowest BCUT2D eigenvalue weighted by Crippen LogP contribution is -2.63. The van der Waals surface area contributed by atoms with Crippen molar-refractivity contribution in [3.63, 3.8) is 0 Å². The Balaban J connectivity index is 1.22. The predicted octanol–water partition coefficient (Wildman–Crippen LogP) is 2.04. The number of rotatable bonds is 24. The summed E-state index contributed by atoms with van der Waals surface area (Å²) in [6.45, 7) is 11.1. The number of phenolic OH excluding ortho intramolecular Hbond substituents is 1. The molecule has 38 heteroatoms. The van der Waals surface area contributed by atoms with Crippen LogP contribution in [0.4, 0.5) is 4.39 Å². The number of hydrogen-bond donors (Lipinski definition) is 14. The summed E-state index contributed by atoms with van der Waals surface area (Å²) < 4.78 is 14.6. The van der Waals surface area contributed by atoms with Crippen molar-refractivity contribution in [1.29, 1.82) is 0 Å². The summed E-state index contributed by atoms with van der Waals surface area (Å²) in [6.07, 6.45) is 0.357. The molecule has 16 amide bonds. The number of fused-ring (bicyclic) bond motifs is 3. The molecule has 13 atom stereocenters. The zero-order valence-corrected chi connectivity index (χ0v) is 75.5. The average molecular weight is 1810 g/mol. The monoisotopic (exact) mass is 1810 g/mol. The summed E-state index contributed by atoms with van der Waals surface area (Å²) in [5.41, 5.74) is 13.6. The predicted molar refractivity (Wildman–Crippen MR) is 477 cm³/mol. The average Bonchev–Trinajstić information content (AvgIpc) is 1.76. The van der Waals surface area contributed by atoms with E-state index in [0.29, 0.717) is 58.8 Å². The molecule has 3 fully saturated rings. The van der Waals surface area contributed by atoms with E-state index in [1.165, 1.54) is 72.2 Å². The van der Waals surface area contributed by atoms with Gasteiger partial charge in [-0.1, -0.05) is 134 Å². The fourth-order valence-corrected chi connectivity index (χ4v) is 17.0. The van der Waals surface area contributed by atoms with Crippen molar-refractivity contribution in [3.05, 3.63) is 137 Å². The van der Waals surface area contributed by atoms with Crippen LogP contribution in [0.5, 0.6) is 5.75 Å². The third-order valence-electron chi connectivity index (χ3n) is 23.2. The first-order valence-corrected chi connectivity index (χ1v) is 45.0. The lowest BCUT2D eigenvalue weighted by atomic mass is 9.96. The van der Waals surface area contributed by atoms with E-state index in [9.17, 15) is 48.2 Å². The van der Waals surface area contributed by atoms with E-state index in [4.69, 9.17) is 11.5 Å². The number of H-pyrrole nitrogens is 1. The van der Waals surface area contributed by atoms with Crippen LogP contribution in [0, 0.1) is 23.6 Å². The lowest BCUT2D eigenvalue weighted by Gasteiger charge is -2.38. The summed E-state index contributed by atoms with van der Waals surface area (Å²) >= 11 is 0.789. The molecule has 1 aromatic heterocycles. The highest BCUT2D eigenvalue weighted by Gasteiger charge is 2.46. The number of aliphatic carboxylic acids is 1. The number of carbonyl (C=O) groups excluding carboxylic acids is 16. The number of benzene rings is 4. The molecular formula is C91H124FN17O19S. The number of aromatic hydroxyl groups is 1. The van der Waals surface area contributed by atoms with Gasteiger partial charge in [-0.3, -0.25) is 81.5 Å². The van der Waals surface area contributed by atoms with Crippen molar-refractivity contribution in [3.8, 4) is 5.75 Å². The van der Waals surface area contributed by atoms with Crippen molar-refractivity contribution in [2.24, 2.45) is 29.2 Å². The van der Waals surface area contributed by atoms with Crippen LogP contribution in [0.15, 0.2) is 109 Å². The van der Waals surface area contributed by atoms with E-state index in [-0.39, 0.29) is 94.9 Å². The van der Waals surface area contributed by atoms with Gasteiger partial charge in [-0.2, -0.15) is 0 Å². The Morgan fingerprint density at radius 1 is 0.512 bits per heavy atom. The van der Waals surface area contributed by atoms with Gasteiger partial charge in [0.25, 0.3) is 0 Å². The number of amides is 16. The number of carboxylic acids is 1. The molecule has 4 aromatic carbocycles. The first kappa shape index (κ1) is 102. The molecule has 16 N–H and O–H groups in total. The minimum atomic E-state index is -1.90. The number of aromatic nitrogens is 1. The number of thioether (sulfide) groups is 1. The van der Waals surface area contributed by atoms with Crippen molar-refractivity contribution in [1.82, 2.24) is 77.3 Å². The van der Waals surface area contributed by atoms with Crippen LogP contribution in [-0.4, -0.2) is 271 Å². The Kier molecular flexibility index (Phi) is 38.4. The number of likely N-dealkylation sites (N-methyl/N-ethyl adjacent to an activating group) is 3. The van der Waals surface area contributed by atoms with Gasteiger partial charge in [0.2, 0.25) is 94.5 Å². The quantitative estimate of drug-likeness (QED) is 0.0420. The molecule has 0 radical (unpaired) electrons. The Labute approximate surface area is 753 Å². The smallest absolute Gasteiger partial charge is 0.305 e. The normalized spacial score (nSPS) is 24.1. The number of hydrogen-bond acceptors (Lipinski definition) is 19. The van der Waals surface area contributed by atoms with E-state index in [1.54, 1.807) is 102 Å². The Morgan fingerprint density at radius 2 is 1.05 bits per heavy atom. The van der Waals surface area contributed by atoms with Gasteiger partial charge >= 0.3 is 5.97 Å². The molecule has 3 aliphatic rings. The van der Waals surface area contributed by atoms with Crippen LogP contribution in [-0.2, 0) is 107 Å². The zero-order valence-electron chi connectivity index (χ0n) is 74.7. The topological polar surface area (TPSA) is 523 Å². The van der Waals surface area contributed by atoms with Gasteiger partial charge in [-0.25, -0.2) is 4.39 Å². The number of carboxylic acid groups (broad SMARTS) is 1. The second-order valence-corrected chi connectivity index (χ2v) is 35.5. The Hall–Kier alpha value is -12.5. The van der Waals surface area contributed by atoms with Crippen LogP contribution in [0.25, 0.3) is 10.9 Å². The molecule has 0 bridgehead atoms. The van der Waals surface area contributed by atoms with E-state index in [1.807, 2.05) is 6.92 Å². The molecule has 4 heterocycles. The first-order valence-electron chi connectivity index (χ1n) is 43.8. The van der Waals surface area contributed by atoms with E-state index >= 15 is 47.9 Å². The van der Waals surface area contributed by atoms with Crippen molar-refractivity contribution < 1.29 is 96.1 Å². The number of halogens is 1. The second-order valence-electron chi connectivity index (χ2n) is 34.5. The minimum Gasteiger partial charge on any atom is -0.508 e. The number of nitrogens with zero attached hydrogens (tertiary/aromatic N) is 5. The number of phenols is 1. The van der Waals surface area contributed by atoms with Crippen LogP contribution in [0.3, 0.4) is 0 Å². The maximum atomic E-state index is 15.7. The van der Waals surface area contributed by atoms with E-state index in [2.05, 4.69) is 52.8 Å². The van der Waals surface area contributed by atoms with Crippen LogP contribution in [0.1, 0.15) is 154 Å². The molecule has 3 saturated heterocycles. The maximum absolute atomic E-state index is 15.7. The van der Waals surface area contributed by atoms with Gasteiger partial charge < -0.3 is 99.0 Å². The van der Waals surface area contributed by atoms with Gasteiger partial charge in [0.15, 0.2) is 0 Å². The fourth-order valence-electron chi connectivity index (χ4n) is 16.2. The molecule has 0 spiro atoms. The SMILES string of the molecule is CCCC[C@H]1C(=O)N2CCC[C@@H]2C(=O)N[C@@H](CC(=O)O)C(=O)N[C@@H](C(C)C)C(=O)N(C)[C@@H](CC(C)C)C(=O)N[C@@H](CCC(N)=O)C(=O)N2CCCC[C@@H]2C(=O)N[C@@H](Cc2c[nH]c3ccccc23)C(=O)N[C@@H](Cc2ccc(O)cc2)C(=O)N[C@@H](CC(C)C)C(=O)N[C@H](C(=O)NCC(N)=O)CSCC(=O)N[C@@H](Cc2ccc(F)cc2)C(=O)N(C)[C@@H](Cc2ccccc2)C(=O)N1C. The number of para-hydroxylation sites is 1. The lowest BCUT2D eigenvalue weighted by molar-refractivity contribution is -0.152. The number of unbranched alkanes of at least 4 members (excludes halogenated alkanes) is 1. The minimum absolute atomic E-state index is 0.00523. The summed E-state index contributed by atoms with van der Waals surface area (Å²) in [6, 6.07) is 6.56. The second kappa shape index (κ2) is 48.6. The van der Waals surface area contributed by atoms with Gasteiger partial charge in [0, 0.05) is 89.2 Å². The molecule has 5 aromatic rings. The van der Waals surface area contributed by atoms with Crippen LogP contribution < -0.4 is 59.3 Å². The van der Waals surface area contributed by atoms with E-state index in [0.717, 1.165) is 33.7 Å². The fraction of sp³-hybridized carbons (Fsp3) is 0.527. The Bertz CT molecular complexity index is 4810. The molecule has 129 heavy (non-hydrogen) atoms. The number of primary amides is 2. The number of piperidine rings is 1. The van der Waals surface area contributed by atoms with Crippen molar-refractivity contribution in [2.75, 3.05) is 52.3 Å². The van der Waals surface area contributed by atoms with Crippen molar-refractivity contribution >= 4 is 123 Å². The molecule has 0 saturated carbocycles.